The number of non-ortho nitro benzene ring substituents is 1. The molecule has 2 saturated heterocycles. The van der Waals surface area contributed by atoms with Crippen molar-refractivity contribution in [2.75, 3.05) is 4.90 Å². The number of Topliss-reactive ketones (excluding diaryl/α,β-unsaturated/α-hetero) is 1. The molecule has 3 aliphatic rings. The summed E-state index contributed by atoms with van der Waals surface area (Å²) in [7, 11) is 0. The number of ketones is 1. The third-order valence-electron chi connectivity index (χ3n) is 7.16. The molecule has 6 rings (SSSR count). The van der Waals surface area contributed by atoms with Crippen LogP contribution in [0.1, 0.15) is 27.5 Å². The molecule has 0 N–H and O–H groups in total. The summed E-state index contributed by atoms with van der Waals surface area (Å²) in [5.41, 5.74) is 2.14. The molecule has 2 fully saturated rings. The van der Waals surface area contributed by atoms with Crippen molar-refractivity contribution in [1.82, 2.24) is 4.90 Å². The van der Waals surface area contributed by atoms with Gasteiger partial charge in [0.2, 0.25) is 11.8 Å². The first-order valence-corrected chi connectivity index (χ1v) is 12.1. The maximum absolute atomic E-state index is 13.9. The SMILES string of the molecule is O=C(c1cccc([N+](=O)[O-])c1)C1C2C(=O)N(c3ccc(Br)cc3)C(=O)C2C2c3ccccc3C=CN12. The number of hydrogen-bond donors (Lipinski definition) is 0. The highest BCUT2D eigenvalue weighted by atomic mass is 79.9. The van der Waals surface area contributed by atoms with Crippen molar-refractivity contribution in [2.24, 2.45) is 11.8 Å². The molecule has 9 heteroatoms. The number of anilines is 1. The van der Waals surface area contributed by atoms with Crippen molar-refractivity contribution in [3.8, 4) is 0 Å². The first-order valence-electron chi connectivity index (χ1n) is 11.3. The van der Waals surface area contributed by atoms with Crippen LogP contribution in [0.4, 0.5) is 11.4 Å². The molecule has 0 bridgehead atoms. The highest BCUT2D eigenvalue weighted by Crippen LogP contribution is 2.53. The Morgan fingerprint density at radius 3 is 2.39 bits per heavy atom. The fourth-order valence-corrected chi connectivity index (χ4v) is 5.91. The van der Waals surface area contributed by atoms with Crippen LogP contribution in [0.5, 0.6) is 0 Å². The van der Waals surface area contributed by atoms with Gasteiger partial charge < -0.3 is 4.90 Å². The third-order valence-corrected chi connectivity index (χ3v) is 7.69. The van der Waals surface area contributed by atoms with Crippen LogP contribution < -0.4 is 4.90 Å². The molecule has 3 aliphatic heterocycles. The smallest absolute Gasteiger partial charge is 0.270 e. The Kier molecular flexibility index (Phi) is 5.11. The lowest BCUT2D eigenvalue weighted by molar-refractivity contribution is -0.384. The summed E-state index contributed by atoms with van der Waals surface area (Å²) >= 11 is 3.37. The van der Waals surface area contributed by atoms with Gasteiger partial charge in [0.15, 0.2) is 5.78 Å². The largest absolute Gasteiger partial charge is 0.358 e. The van der Waals surface area contributed by atoms with E-state index in [0.717, 1.165) is 15.6 Å². The number of halogens is 1. The Hall–Kier alpha value is -4.11. The Morgan fingerprint density at radius 2 is 1.64 bits per heavy atom. The first kappa shape index (κ1) is 22.4. The number of hydrogen-bond acceptors (Lipinski definition) is 6. The molecule has 0 aliphatic carbocycles. The van der Waals surface area contributed by atoms with Crippen LogP contribution in [0.3, 0.4) is 0 Å². The summed E-state index contributed by atoms with van der Waals surface area (Å²) in [6.07, 6.45) is 3.62. The van der Waals surface area contributed by atoms with Gasteiger partial charge in [-0.05, 0) is 41.5 Å². The van der Waals surface area contributed by atoms with Gasteiger partial charge in [0, 0.05) is 28.4 Å². The fourth-order valence-electron chi connectivity index (χ4n) is 5.65. The number of fused-ring (bicyclic) bond motifs is 5. The zero-order valence-corrected chi connectivity index (χ0v) is 20.2. The van der Waals surface area contributed by atoms with Gasteiger partial charge in [-0.3, -0.25) is 24.5 Å². The van der Waals surface area contributed by atoms with Gasteiger partial charge in [0.1, 0.15) is 6.04 Å². The average Bonchev–Trinajstić information content (AvgIpc) is 3.37. The fraction of sp³-hybridized carbons (Fsp3) is 0.148. The van der Waals surface area contributed by atoms with Crippen LogP contribution in [0.2, 0.25) is 0 Å². The Balaban J connectivity index is 1.49. The predicted molar refractivity (Wildman–Crippen MR) is 135 cm³/mol. The van der Waals surface area contributed by atoms with Crippen molar-refractivity contribution < 1.29 is 19.3 Å². The van der Waals surface area contributed by atoms with Gasteiger partial charge >= 0.3 is 0 Å². The van der Waals surface area contributed by atoms with E-state index in [1.54, 1.807) is 35.4 Å². The van der Waals surface area contributed by atoms with E-state index >= 15 is 0 Å². The quantitative estimate of drug-likeness (QED) is 0.203. The lowest BCUT2D eigenvalue weighted by Gasteiger charge is -2.35. The Labute approximate surface area is 214 Å². The van der Waals surface area contributed by atoms with Gasteiger partial charge in [-0.25, -0.2) is 4.90 Å². The lowest BCUT2D eigenvalue weighted by Crippen LogP contribution is -2.44. The van der Waals surface area contributed by atoms with E-state index in [-0.39, 0.29) is 17.2 Å². The molecule has 3 aromatic rings. The molecule has 3 aromatic carbocycles. The van der Waals surface area contributed by atoms with Crippen molar-refractivity contribution >= 4 is 51.0 Å². The maximum Gasteiger partial charge on any atom is 0.270 e. The summed E-state index contributed by atoms with van der Waals surface area (Å²) in [6.45, 7) is 0. The molecule has 3 heterocycles. The van der Waals surface area contributed by atoms with Gasteiger partial charge in [0.05, 0.1) is 28.5 Å². The van der Waals surface area contributed by atoms with E-state index in [1.165, 1.54) is 29.2 Å². The van der Waals surface area contributed by atoms with Gasteiger partial charge in [0.25, 0.3) is 5.69 Å². The molecule has 4 unspecified atom stereocenters. The zero-order valence-electron chi connectivity index (χ0n) is 18.7. The molecule has 2 amide bonds. The van der Waals surface area contributed by atoms with E-state index in [0.29, 0.717) is 5.69 Å². The van der Waals surface area contributed by atoms with Crippen LogP contribution in [0.15, 0.2) is 83.5 Å². The van der Waals surface area contributed by atoms with E-state index in [9.17, 15) is 24.5 Å². The molecule has 178 valence electrons. The van der Waals surface area contributed by atoms with Gasteiger partial charge in [-0.15, -0.1) is 0 Å². The lowest BCUT2D eigenvalue weighted by atomic mass is 9.83. The summed E-state index contributed by atoms with van der Waals surface area (Å²) in [5, 5.41) is 11.3. The number of nitrogens with zero attached hydrogens (tertiary/aromatic N) is 3. The van der Waals surface area contributed by atoms with Crippen LogP contribution in [-0.4, -0.2) is 33.5 Å². The second-order valence-electron chi connectivity index (χ2n) is 8.99. The average molecular weight is 544 g/mol. The molecule has 0 radical (unpaired) electrons. The molecular formula is C27H18BrN3O5. The summed E-state index contributed by atoms with van der Waals surface area (Å²) in [6, 6.07) is 18.5. The van der Waals surface area contributed by atoms with Crippen LogP contribution in [0.25, 0.3) is 6.08 Å². The standard InChI is InChI=1S/C27H18BrN3O5/c28-17-8-10-18(11-9-17)30-26(33)21-22(27(30)34)24(25(32)16-5-3-6-19(14-16)31(35)36)29-13-12-15-4-1-2-7-20(15)23(21)29/h1-14,21-24H. The molecule has 36 heavy (non-hydrogen) atoms. The molecule has 0 aromatic heterocycles. The second kappa shape index (κ2) is 8.23. The number of benzene rings is 3. The van der Waals surface area contributed by atoms with E-state index < -0.39 is 40.5 Å². The number of nitro groups is 1. The number of carbonyl (C=O) groups excluding carboxylic acids is 3. The zero-order chi connectivity index (χ0) is 25.1. The Morgan fingerprint density at radius 1 is 0.917 bits per heavy atom. The number of amides is 2. The van der Waals surface area contributed by atoms with E-state index in [1.807, 2.05) is 30.3 Å². The van der Waals surface area contributed by atoms with Crippen LogP contribution in [0, 0.1) is 22.0 Å². The minimum absolute atomic E-state index is 0.128. The van der Waals surface area contributed by atoms with Crippen molar-refractivity contribution in [3.63, 3.8) is 0 Å². The number of nitro benzene ring substituents is 1. The van der Waals surface area contributed by atoms with Gasteiger partial charge in [-0.2, -0.15) is 0 Å². The van der Waals surface area contributed by atoms with E-state index in [2.05, 4.69) is 15.9 Å². The van der Waals surface area contributed by atoms with Gasteiger partial charge in [-0.1, -0.05) is 52.3 Å². The molecular weight excluding hydrogens is 526 g/mol. The van der Waals surface area contributed by atoms with Crippen LogP contribution in [-0.2, 0) is 9.59 Å². The highest BCUT2D eigenvalue weighted by molar-refractivity contribution is 9.10. The van der Waals surface area contributed by atoms with Crippen molar-refractivity contribution in [1.29, 1.82) is 0 Å². The van der Waals surface area contributed by atoms with E-state index in [4.69, 9.17) is 0 Å². The Bertz CT molecular complexity index is 1480. The molecule has 0 saturated carbocycles. The topological polar surface area (TPSA) is 101 Å². The third kappa shape index (κ3) is 3.23. The van der Waals surface area contributed by atoms with Crippen LogP contribution >= 0.6 is 15.9 Å². The molecule has 0 spiro atoms. The normalized spacial score (nSPS) is 23.9. The first-order chi connectivity index (χ1) is 17.4. The maximum atomic E-state index is 13.9. The number of imide groups is 1. The predicted octanol–water partition coefficient (Wildman–Crippen LogP) is 4.76. The van der Waals surface area contributed by atoms with Crippen molar-refractivity contribution in [3.05, 3.63) is 110 Å². The van der Waals surface area contributed by atoms with Crippen molar-refractivity contribution in [2.45, 2.75) is 12.1 Å². The number of rotatable bonds is 4. The number of carbonyl (C=O) groups is 3. The monoisotopic (exact) mass is 543 g/mol. The molecule has 4 atom stereocenters. The highest BCUT2D eigenvalue weighted by Gasteiger charge is 2.64. The minimum atomic E-state index is -0.983. The summed E-state index contributed by atoms with van der Waals surface area (Å²) < 4.78 is 0.807. The molecule has 8 nitrogen and oxygen atoms in total. The second-order valence-corrected chi connectivity index (χ2v) is 9.91. The summed E-state index contributed by atoms with van der Waals surface area (Å²) in [5.74, 6) is -2.95. The summed E-state index contributed by atoms with van der Waals surface area (Å²) in [4.78, 5) is 55.3. The minimum Gasteiger partial charge on any atom is -0.358 e.